The van der Waals surface area contributed by atoms with Gasteiger partial charge in [-0.3, -0.25) is 13.9 Å². The first-order chi connectivity index (χ1) is 17.5. The first kappa shape index (κ1) is 28.5. The molecule has 0 bridgehead atoms. The smallest absolute Gasteiger partial charge is 0.244 e. The number of rotatable bonds is 10. The lowest BCUT2D eigenvalue weighted by molar-refractivity contribution is -0.139. The molecule has 0 aliphatic heterocycles. The highest BCUT2D eigenvalue weighted by atomic mass is 32.2. The van der Waals surface area contributed by atoms with Crippen LogP contribution in [0.3, 0.4) is 0 Å². The predicted molar refractivity (Wildman–Crippen MR) is 146 cm³/mol. The molecule has 1 N–H and O–H groups in total. The maximum absolute atomic E-state index is 13.8. The summed E-state index contributed by atoms with van der Waals surface area (Å²) in [7, 11) is -2.38. The van der Waals surface area contributed by atoms with Crippen molar-refractivity contribution in [1.29, 1.82) is 0 Å². The number of carbonyl (C=O) groups is 2. The number of amides is 2. The summed E-state index contributed by atoms with van der Waals surface area (Å²) in [6.07, 6.45) is 6.24. The van der Waals surface area contributed by atoms with Gasteiger partial charge in [0, 0.05) is 12.6 Å². The molecule has 2 amide bonds. The standard InChI is InChI=1S/C28H39N3O5S/c1-20-10-9-11-23(16-20)18-30(22(3)28(33)29-24-12-7-6-8-13-24)27(32)19-31(37(5,34)35)25-17-21(2)14-15-26(25)36-4/h9-11,14-17,22,24H,6-8,12-13,18-19H2,1-5H3,(H,29,33)/t22-/m0/s1. The third kappa shape index (κ3) is 7.71. The molecule has 1 aliphatic carbocycles. The second-order valence-corrected chi connectivity index (χ2v) is 11.9. The van der Waals surface area contributed by atoms with Crippen molar-refractivity contribution in [3.05, 3.63) is 59.2 Å². The van der Waals surface area contributed by atoms with E-state index in [1.165, 1.54) is 18.4 Å². The summed E-state index contributed by atoms with van der Waals surface area (Å²) in [5, 5.41) is 3.11. The Hall–Kier alpha value is -3.07. The van der Waals surface area contributed by atoms with E-state index >= 15 is 0 Å². The van der Waals surface area contributed by atoms with Crippen molar-refractivity contribution in [3.63, 3.8) is 0 Å². The molecule has 0 spiro atoms. The predicted octanol–water partition coefficient (Wildman–Crippen LogP) is 3.94. The Morgan fingerprint density at radius 1 is 1.05 bits per heavy atom. The third-order valence-electron chi connectivity index (χ3n) is 6.84. The van der Waals surface area contributed by atoms with Gasteiger partial charge in [0.05, 0.1) is 19.1 Å². The molecule has 0 radical (unpaired) electrons. The van der Waals surface area contributed by atoms with Gasteiger partial charge >= 0.3 is 0 Å². The molecule has 8 nitrogen and oxygen atoms in total. The molecule has 1 fully saturated rings. The number of methoxy groups -OCH3 is 1. The largest absolute Gasteiger partial charge is 0.495 e. The molecule has 0 aromatic heterocycles. The second kappa shape index (κ2) is 12.4. The van der Waals surface area contributed by atoms with E-state index in [1.807, 2.05) is 44.2 Å². The maximum Gasteiger partial charge on any atom is 0.244 e. The second-order valence-electron chi connectivity index (χ2n) is 9.98. The molecule has 3 rings (SSSR count). The van der Waals surface area contributed by atoms with E-state index in [0.717, 1.165) is 52.9 Å². The number of benzene rings is 2. The van der Waals surface area contributed by atoms with Crippen molar-refractivity contribution in [1.82, 2.24) is 10.2 Å². The van der Waals surface area contributed by atoms with E-state index in [0.29, 0.717) is 5.75 Å². The van der Waals surface area contributed by atoms with Crippen LogP contribution in [0.4, 0.5) is 5.69 Å². The zero-order valence-electron chi connectivity index (χ0n) is 22.5. The van der Waals surface area contributed by atoms with Crippen molar-refractivity contribution in [2.75, 3.05) is 24.2 Å². The maximum atomic E-state index is 13.8. The summed E-state index contributed by atoms with van der Waals surface area (Å²) < 4.78 is 32.2. The number of hydrogen-bond acceptors (Lipinski definition) is 5. The van der Waals surface area contributed by atoms with Gasteiger partial charge in [0.1, 0.15) is 18.3 Å². The van der Waals surface area contributed by atoms with Gasteiger partial charge in [0.2, 0.25) is 21.8 Å². The molecule has 2 aromatic carbocycles. The monoisotopic (exact) mass is 529 g/mol. The molecular formula is C28H39N3O5S. The number of nitrogens with zero attached hydrogens (tertiary/aromatic N) is 2. The van der Waals surface area contributed by atoms with Crippen molar-refractivity contribution in [2.45, 2.75) is 71.5 Å². The van der Waals surface area contributed by atoms with E-state index < -0.39 is 28.5 Å². The molecule has 0 saturated heterocycles. The van der Waals surface area contributed by atoms with E-state index in [-0.39, 0.29) is 24.2 Å². The highest BCUT2D eigenvalue weighted by molar-refractivity contribution is 7.92. The van der Waals surface area contributed by atoms with Gasteiger partial charge in [-0.15, -0.1) is 0 Å². The topological polar surface area (TPSA) is 96.0 Å². The average molecular weight is 530 g/mol. The summed E-state index contributed by atoms with van der Waals surface area (Å²) in [5.74, 6) is -0.356. The van der Waals surface area contributed by atoms with Gasteiger partial charge in [-0.25, -0.2) is 8.42 Å². The van der Waals surface area contributed by atoms with Gasteiger partial charge < -0.3 is 15.0 Å². The Bertz CT molecular complexity index is 1210. The number of sulfonamides is 1. The van der Waals surface area contributed by atoms with Crippen LogP contribution in [0.1, 0.15) is 55.7 Å². The molecule has 202 valence electrons. The molecule has 1 aliphatic rings. The van der Waals surface area contributed by atoms with Gasteiger partial charge in [0.25, 0.3) is 0 Å². The Balaban J connectivity index is 1.92. The minimum absolute atomic E-state index is 0.101. The van der Waals surface area contributed by atoms with Crippen LogP contribution in [-0.2, 0) is 26.2 Å². The van der Waals surface area contributed by atoms with Crippen LogP contribution in [0.25, 0.3) is 0 Å². The van der Waals surface area contributed by atoms with Gasteiger partial charge in [-0.2, -0.15) is 0 Å². The zero-order valence-corrected chi connectivity index (χ0v) is 23.3. The summed E-state index contributed by atoms with van der Waals surface area (Å²) >= 11 is 0. The fourth-order valence-electron chi connectivity index (χ4n) is 4.75. The van der Waals surface area contributed by atoms with Gasteiger partial charge in [0.15, 0.2) is 0 Å². The minimum Gasteiger partial charge on any atom is -0.495 e. The SMILES string of the molecule is COc1ccc(C)cc1N(CC(=O)N(Cc1cccc(C)c1)[C@@H](C)C(=O)NC1CCCCC1)S(C)(=O)=O. The lowest BCUT2D eigenvalue weighted by Crippen LogP contribution is -2.53. The number of nitrogens with one attached hydrogen (secondary N) is 1. The summed E-state index contributed by atoms with van der Waals surface area (Å²) in [5.41, 5.74) is 3.01. The number of ether oxygens (including phenoxy) is 1. The van der Waals surface area contributed by atoms with Crippen LogP contribution in [0, 0.1) is 13.8 Å². The van der Waals surface area contributed by atoms with E-state index in [9.17, 15) is 18.0 Å². The van der Waals surface area contributed by atoms with Crippen LogP contribution in [0.5, 0.6) is 5.75 Å². The van der Waals surface area contributed by atoms with Gasteiger partial charge in [-0.05, 0) is 56.9 Å². The Morgan fingerprint density at radius 3 is 2.35 bits per heavy atom. The van der Waals surface area contributed by atoms with Crippen molar-refractivity contribution in [2.24, 2.45) is 0 Å². The lowest BCUT2D eigenvalue weighted by Gasteiger charge is -2.33. The third-order valence-corrected chi connectivity index (χ3v) is 7.96. The molecule has 0 heterocycles. The first-order valence-corrected chi connectivity index (χ1v) is 14.6. The number of hydrogen-bond donors (Lipinski definition) is 1. The van der Waals surface area contributed by atoms with Crippen LogP contribution in [-0.4, -0.2) is 57.1 Å². The Labute approximate surface area is 221 Å². The fraction of sp³-hybridized carbons (Fsp3) is 0.500. The van der Waals surface area contributed by atoms with Crippen molar-refractivity contribution < 1.29 is 22.7 Å². The van der Waals surface area contributed by atoms with E-state index in [4.69, 9.17) is 4.74 Å². The molecule has 9 heteroatoms. The van der Waals surface area contributed by atoms with Crippen molar-refractivity contribution in [3.8, 4) is 5.75 Å². The fourth-order valence-corrected chi connectivity index (χ4v) is 5.59. The molecule has 1 atom stereocenters. The normalized spacial score (nSPS) is 15.1. The van der Waals surface area contributed by atoms with Crippen LogP contribution >= 0.6 is 0 Å². The molecule has 37 heavy (non-hydrogen) atoms. The Kier molecular flexibility index (Phi) is 9.59. The summed E-state index contributed by atoms with van der Waals surface area (Å²) in [6.45, 7) is 5.23. The number of carbonyl (C=O) groups excluding carboxylic acids is 2. The number of aryl methyl sites for hydroxylation is 2. The van der Waals surface area contributed by atoms with E-state index in [1.54, 1.807) is 19.1 Å². The lowest BCUT2D eigenvalue weighted by atomic mass is 9.95. The van der Waals surface area contributed by atoms with Crippen LogP contribution in [0.2, 0.25) is 0 Å². The summed E-state index contributed by atoms with van der Waals surface area (Å²) in [6, 6.07) is 12.2. The molecule has 0 unspecified atom stereocenters. The van der Waals surface area contributed by atoms with Crippen LogP contribution < -0.4 is 14.4 Å². The average Bonchev–Trinajstić information content (AvgIpc) is 2.85. The van der Waals surface area contributed by atoms with Gasteiger partial charge in [-0.1, -0.05) is 55.2 Å². The quantitative estimate of drug-likeness (QED) is 0.503. The highest BCUT2D eigenvalue weighted by Crippen LogP contribution is 2.31. The Morgan fingerprint density at radius 2 is 1.73 bits per heavy atom. The minimum atomic E-state index is -3.84. The molecule has 2 aromatic rings. The van der Waals surface area contributed by atoms with E-state index in [2.05, 4.69) is 5.32 Å². The van der Waals surface area contributed by atoms with Crippen LogP contribution in [0.15, 0.2) is 42.5 Å². The summed E-state index contributed by atoms with van der Waals surface area (Å²) in [4.78, 5) is 28.5. The molecular weight excluding hydrogens is 490 g/mol. The zero-order chi connectivity index (χ0) is 27.2. The molecule has 1 saturated carbocycles. The first-order valence-electron chi connectivity index (χ1n) is 12.8. The van der Waals surface area contributed by atoms with Crippen molar-refractivity contribution >= 4 is 27.5 Å². The highest BCUT2D eigenvalue weighted by Gasteiger charge is 2.32. The number of anilines is 1.